The van der Waals surface area contributed by atoms with Gasteiger partial charge in [0.05, 0.1) is 6.10 Å². The molecular weight excluding hydrogens is 456 g/mol. The number of piperazine rings is 1. The van der Waals surface area contributed by atoms with Crippen LogP contribution in [0.4, 0.5) is 5.69 Å². The minimum absolute atomic E-state index is 0.0370. The third-order valence-electron chi connectivity index (χ3n) is 7.82. The summed E-state index contributed by atoms with van der Waals surface area (Å²) in [4.78, 5) is 45.8. The number of amides is 2. The van der Waals surface area contributed by atoms with E-state index >= 15 is 0 Å². The number of likely N-dealkylation sites (tertiary alicyclic amines) is 1. The number of hydrogen-bond donors (Lipinski definition) is 1. The number of fused-ring (bicyclic) bond motifs is 1. The van der Waals surface area contributed by atoms with E-state index in [4.69, 9.17) is 4.74 Å². The summed E-state index contributed by atoms with van der Waals surface area (Å²) in [6.07, 6.45) is 2.31. The van der Waals surface area contributed by atoms with Crippen LogP contribution in [0.25, 0.3) is 0 Å². The Morgan fingerprint density at radius 3 is 2.39 bits per heavy atom. The number of ketones is 1. The van der Waals surface area contributed by atoms with Gasteiger partial charge in [0.1, 0.15) is 18.7 Å². The molecule has 0 saturated carbocycles. The predicted octanol–water partition coefficient (Wildman–Crippen LogP) is 2.57. The maximum Gasteiger partial charge on any atom is 0.251 e. The zero-order valence-electron chi connectivity index (χ0n) is 22.2. The average molecular weight is 499 g/mol. The molecule has 2 amide bonds. The van der Waals surface area contributed by atoms with Crippen LogP contribution < -0.4 is 10.2 Å². The van der Waals surface area contributed by atoms with Gasteiger partial charge in [-0.15, -0.1) is 0 Å². The van der Waals surface area contributed by atoms with Crippen molar-refractivity contribution in [3.63, 3.8) is 0 Å². The molecule has 8 nitrogen and oxygen atoms in total. The third-order valence-corrected chi connectivity index (χ3v) is 7.82. The Bertz CT molecular complexity index is 926. The van der Waals surface area contributed by atoms with Gasteiger partial charge in [0.2, 0.25) is 5.91 Å². The van der Waals surface area contributed by atoms with E-state index in [2.05, 4.69) is 29.0 Å². The van der Waals surface area contributed by atoms with Crippen molar-refractivity contribution in [2.24, 2.45) is 11.8 Å². The number of benzene rings is 1. The van der Waals surface area contributed by atoms with Gasteiger partial charge >= 0.3 is 0 Å². The molecule has 1 N–H and O–H groups in total. The standard InChI is InChI=1S/C28H42N4O4/c1-5-11-30-12-14-31(15-13-30)22-9-7-21(8-10-22)27(34)29-23(16-19(3)4)28(35)32-17-20(6-2)26-25(32)24(33)18-36-26/h7-10,19-20,23,25-26H,5-6,11-18H2,1-4H3,(H,29,34)/t20-,23-,25+,26+/m0/s1. The van der Waals surface area contributed by atoms with Gasteiger partial charge in [-0.3, -0.25) is 19.3 Å². The lowest BCUT2D eigenvalue weighted by Crippen LogP contribution is -2.52. The van der Waals surface area contributed by atoms with Crippen molar-refractivity contribution in [2.45, 2.75) is 65.1 Å². The molecule has 3 aliphatic rings. The van der Waals surface area contributed by atoms with Gasteiger partial charge in [0.15, 0.2) is 5.78 Å². The highest BCUT2D eigenvalue weighted by atomic mass is 16.5. The first kappa shape index (κ1) is 26.6. The van der Waals surface area contributed by atoms with E-state index in [1.54, 1.807) is 4.90 Å². The minimum atomic E-state index is -0.673. The van der Waals surface area contributed by atoms with Crippen LogP contribution in [0.1, 0.15) is 57.3 Å². The van der Waals surface area contributed by atoms with Gasteiger partial charge in [0, 0.05) is 49.9 Å². The molecule has 0 radical (unpaired) electrons. The lowest BCUT2D eigenvalue weighted by molar-refractivity contribution is -0.138. The number of nitrogens with zero attached hydrogens (tertiary/aromatic N) is 3. The molecule has 3 heterocycles. The fraction of sp³-hybridized carbons (Fsp3) is 0.679. The van der Waals surface area contributed by atoms with E-state index in [1.807, 2.05) is 38.1 Å². The van der Waals surface area contributed by atoms with Crippen molar-refractivity contribution in [2.75, 3.05) is 50.8 Å². The summed E-state index contributed by atoms with van der Waals surface area (Å²) in [7, 11) is 0. The first-order valence-electron chi connectivity index (χ1n) is 13.6. The molecule has 8 heteroatoms. The molecule has 1 aromatic carbocycles. The molecule has 0 spiro atoms. The van der Waals surface area contributed by atoms with Crippen LogP contribution in [0.2, 0.25) is 0 Å². The molecule has 3 aliphatic heterocycles. The predicted molar refractivity (Wildman–Crippen MR) is 140 cm³/mol. The Morgan fingerprint density at radius 2 is 1.78 bits per heavy atom. The highest BCUT2D eigenvalue weighted by Crippen LogP contribution is 2.34. The van der Waals surface area contributed by atoms with Crippen molar-refractivity contribution in [1.82, 2.24) is 15.1 Å². The molecule has 4 rings (SSSR count). The summed E-state index contributed by atoms with van der Waals surface area (Å²) < 4.78 is 5.73. The Balaban J connectivity index is 1.41. The largest absolute Gasteiger partial charge is 0.369 e. The van der Waals surface area contributed by atoms with Crippen LogP contribution in [0, 0.1) is 11.8 Å². The molecule has 4 atom stereocenters. The fourth-order valence-electron chi connectivity index (χ4n) is 5.85. The molecule has 0 unspecified atom stereocenters. The van der Waals surface area contributed by atoms with Crippen molar-refractivity contribution < 1.29 is 19.1 Å². The van der Waals surface area contributed by atoms with Crippen LogP contribution in [0.3, 0.4) is 0 Å². The zero-order valence-corrected chi connectivity index (χ0v) is 22.2. The van der Waals surface area contributed by atoms with Crippen LogP contribution in [-0.4, -0.2) is 91.5 Å². The van der Waals surface area contributed by atoms with Gasteiger partial charge in [-0.25, -0.2) is 0 Å². The lowest BCUT2D eigenvalue weighted by Gasteiger charge is -2.36. The summed E-state index contributed by atoms with van der Waals surface area (Å²) in [5, 5.41) is 2.99. The number of carbonyl (C=O) groups is 3. The second-order valence-corrected chi connectivity index (χ2v) is 10.9. The van der Waals surface area contributed by atoms with Crippen LogP contribution in [0.15, 0.2) is 24.3 Å². The Labute approximate surface area is 215 Å². The van der Waals surface area contributed by atoms with Gasteiger partial charge in [-0.1, -0.05) is 27.7 Å². The summed E-state index contributed by atoms with van der Waals surface area (Å²) in [5.74, 6) is -0.111. The van der Waals surface area contributed by atoms with Crippen molar-refractivity contribution in [1.29, 1.82) is 0 Å². The average Bonchev–Trinajstić information content (AvgIpc) is 3.44. The molecule has 0 aromatic heterocycles. The highest BCUT2D eigenvalue weighted by Gasteiger charge is 2.52. The molecule has 0 bridgehead atoms. The third kappa shape index (κ3) is 5.75. The maximum atomic E-state index is 13.6. The van der Waals surface area contributed by atoms with E-state index < -0.39 is 12.1 Å². The number of ether oxygens (including phenoxy) is 1. The Morgan fingerprint density at radius 1 is 1.08 bits per heavy atom. The number of hydrogen-bond acceptors (Lipinski definition) is 6. The van der Waals surface area contributed by atoms with Gasteiger partial charge in [0.25, 0.3) is 5.91 Å². The first-order chi connectivity index (χ1) is 17.3. The van der Waals surface area contributed by atoms with Crippen LogP contribution >= 0.6 is 0 Å². The number of rotatable bonds is 9. The lowest BCUT2D eigenvalue weighted by atomic mass is 9.99. The summed E-state index contributed by atoms with van der Waals surface area (Å²) >= 11 is 0. The summed E-state index contributed by atoms with van der Waals surface area (Å²) in [5.41, 5.74) is 1.65. The van der Waals surface area contributed by atoms with E-state index in [9.17, 15) is 14.4 Å². The second-order valence-electron chi connectivity index (χ2n) is 10.9. The Hall–Kier alpha value is -2.45. The minimum Gasteiger partial charge on any atom is -0.369 e. The first-order valence-corrected chi connectivity index (χ1v) is 13.6. The Kier molecular flexibility index (Phi) is 8.67. The van der Waals surface area contributed by atoms with Gasteiger partial charge in [-0.05, 0) is 56.0 Å². The molecule has 3 fully saturated rings. The monoisotopic (exact) mass is 498 g/mol. The fourth-order valence-corrected chi connectivity index (χ4v) is 5.85. The molecular formula is C28H42N4O4. The number of carbonyl (C=O) groups excluding carboxylic acids is 3. The number of Topliss-reactive ketones (excluding diaryl/α,β-unsaturated/α-hetero) is 1. The maximum absolute atomic E-state index is 13.6. The normalized spacial score (nSPS) is 25.4. The quantitative estimate of drug-likeness (QED) is 0.564. The van der Waals surface area contributed by atoms with E-state index in [-0.39, 0.29) is 42.1 Å². The van der Waals surface area contributed by atoms with Crippen LogP contribution in [0.5, 0.6) is 0 Å². The SMILES string of the molecule is CCCN1CCN(c2ccc(C(=O)N[C@@H](CC(C)C)C(=O)N3C[C@H](CC)[C@H]4OCC(=O)[C@H]43)cc2)CC1. The molecule has 1 aromatic rings. The number of anilines is 1. The smallest absolute Gasteiger partial charge is 0.251 e. The molecule has 0 aliphatic carbocycles. The van der Waals surface area contributed by atoms with Crippen molar-refractivity contribution in [3.05, 3.63) is 29.8 Å². The van der Waals surface area contributed by atoms with Gasteiger partial charge < -0.3 is 19.9 Å². The van der Waals surface area contributed by atoms with Crippen LogP contribution in [-0.2, 0) is 14.3 Å². The topological polar surface area (TPSA) is 82.2 Å². The molecule has 3 saturated heterocycles. The highest BCUT2D eigenvalue weighted by molar-refractivity contribution is 5.99. The molecule has 36 heavy (non-hydrogen) atoms. The van der Waals surface area contributed by atoms with Crippen molar-refractivity contribution in [3.8, 4) is 0 Å². The van der Waals surface area contributed by atoms with E-state index in [0.717, 1.165) is 44.8 Å². The number of nitrogens with one attached hydrogen (secondary N) is 1. The zero-order chi connectivity index (χ0) is 25.8. The summed E-state index contributed by atoms with van der Waals surface area (Å²) in [6, 6.07) is 6.48. The van der Waals surface area contributed by atoms with E-state index in [1.165, 1.54) is 6.42 Å². The van der Waals surface area contributed by atoms with Gasteiger partial charge in [-0.2, -0.15) is 0 Å². The summed E-state index contributed by atoms with van der Waals surface area (Å²) in [6.45, 7) is 14.1. The van der Waals surface area contributed by atoms with Crippen molar-refractivity contribution >= 4 is 23.3 Å². The van der Waals surface area contributed by atoms with E-state index in [0.29, 0.717) is 18.5 Å². The molecule has 198 valence electrons. The second kappa shape index (κ2) is 11.7.